The van der Waals surface area contributed by atoms with Crippen LogP contribution in [0.1, 0.15) is 12.0 Å². The van der Waals surface area contributed by atoms with E-state index in [4.69, 9.17) is 0 Å². The van der Waals surface area contributed by atoms with Gasteiger partial charge in [-0.25, -0.2) is 0 Å². The van der Waals surface area contributed by atoms with Crippen LogP contribution in [0, 0.1) is 6.92 Å². The molecule has 0 radical (unpaired) electrons. The molecule has 0 bridgehead atoms. The summed E-state index contributed by atoms with van der Waals surface area (Å²) < 4.78 is 0.891. The van der Waals surface area contributed by atoms with Gasteiger partial charge in [-0.1, -0.05) is 24.3 Å². The van der Waals surface area contributed by atoms with Crippen LogP contribution < -0.4 is 10.6 Å². The van der Waals surface area contributed by atoms with Crippen molar-refractivity contribution in [2.45, 2.75) is 13.3 Å². The van der Waals surface area contributed by atoms with Gasteiger partial charge in [0, 0.05) is 29.0 Å². The van der Waals surface area contributed by atoms with Gasteiger partial charge >= 0.3 is 0 Å². The fourth-order valence-corrected chi connectivity index (χ4v) is 3.08. The van der Waals surface area contributed by atoms with Crippen molar-refractivity contribution in [3.63, 3.8) is 0 Å². The Hall–Kier alpha value is -2.40. The normalized spacial score (nSPS) is 10.6. The number of anilines is 2. The van der Waals surface area contributed by atoms with Gasteiger partial charge in [-0.2, -0.15) is 0 Å². The lowest BCUT2D eigenvalue weighted by Crippen LogP contribution is -2.16. The minimum absolute atomic E-state index is 0.0275. The van der Waals surface area contributed by atoms with Gasteiger partial charge in [0.2, 0.25) is 5.91 Å². The number of para-hydroxylation sites is 1. The maximum Gasteiger partial charge on any atom is 0.226 e. The number of rotatable bonds is 5. The number of amides is 1. The number of halogens is 1. The smallest absolute Gasteiger partial charge is 0.226 e. The SMILES string of the molecule is Cc1ccc(NC(=O)CCNc2cccc3cccnc23)c(Br)c1. The first-order chi connectivity index (χ1) is 11.6. The second-order valence-corrected chi connectivity index (χ2v) is 6.44. The topological polar surface area (TPSA) is 54.0 Å². The molecule has 0 aliphatic carbocycles. The molecule has 5 heteroatoms. The summed E-state index contributed by atoms with van der Waals surface area (Å²) in [6.45, 7) is 2.56. The lowest BCUT2D eigenvalue weighted by atomic mass is 10.2. The molecule has 24 heavy (non-hydrogen) atoms. The molecule has 3 aromatic rings. The Kier molecular flexibility index (Phi) is 5.11. The molecule has 1 aromatic heterocycles. The summed E-state index contributed by atoms with van der Waals surface area (Å²) in [5.74, 6) is -0.0275. The number of nitrogens with zero attached hydrogens (tertiary/aromatic N) is 1. The van der Waals surface area contributed by atoms with Gasteiger partial charge in [0.05, 0.1) is 16.9 Å². The second-order valence-electron chi connectivity index (χ2n) is 5.59. The van der Waals surface area contributed by atoms with E-state index in [1.54, 1.807) is 6.20 Å². The van der Waals surface area contributed by atoms with E-state index in [2.05, 4.69) is 31.5 Å². The Labute approximate surface area is 149 Å². The van der Waals surface area contributed by atoms with Crippen molar-refractivity contribution in [1.82, 2.24) is 4.98 Å². The summed E-state index contributed by atoms with van der Waals surface area (Å²) in [5, 5.41) is 7.29. The van der Waals surface area contributed by atoms with E-state index in [1.807, 2.05) is 55.5 Å². The van der Waals surface area contributed by atoms with Crippen molar-refractivity contribution in [3.8, 4) is 0 Å². The molecule has 0 aliphatic rings. The first kappa shape index (κ1) is 16.5. The molecule has 0 fully saturated rings. The Morgan fingerprint density at radius 3 is 2.79 bits per heavy atom. The molecule has 3 rings (SSSR count). The summed E-state index contributed by atoms with van der Waals surface area (Å²) in [6, 6.07) is 15.8. The van der Waals surface area contributed by atoms with Crippen LogP contribution in [-0.4, -0.2) is 17.4 Å². The fraction of sp³-hybridized carbons (Fsp3) is 0.158. The minimum Gasteiger partial charge on any atom is -0.383 e. The van der Waals surface area contributed by atoms with Crippen molar-refractivity contribution in [1.29, 1.82) is 0 Å². The third-order valence-corrected chi connectivity index (χ3v) is 4.35. The zero-order chi connectivity index (χ0) is 16.9. The zero-order valence-corrected chi connectivity index (χ0v) is 14.9. The number of hydrogen-bond acceptors (Lipinski definition) is 3. The van der Waals surface area contributed by atoms with Crippen LogP contribution in [0.4, 0.5) is 11.4 Å². The number of carbonyl (C=O) groups is 1. The van der Waals surface area contributed by atoms with Crippen LogP contribution >= 0.6 is 15.9 Å². The van der Waals surface area contributed by atoms with Crippen LogP contribution in [0.2, 0.25) is 0 Å². The molecule has 122 valence electrons. The summed E-state index contributed by atoms with van der Waals surface area (Å²) in [4.78, 5) is 16.5. The van der Waals surface area contributed by atoms with Gasteiger partial charge in [0.25, 0.3) is 0 Å². The van der Waals surface area contributed by atoms with Crippen molar-refractivity contribution in [2.24, 2.45) is 0 Å². The van der Waals surface area contributed by atoms with Gasteiger partial charge in [0.15, 0.2) is 0 Å². The zero-order valence-electron chi connectivity index (χ0n) is 13.3. The van der Waals surface area contributed by atoms with Crippen molar-refractivity contribution in [2.75, 3.05) is 17.2 Å². The average Bonchev–Trinajstić information content (AvgIpc) is 2.58. The van der Waals surface area contributed by atoms with Crippen molar-refractivity contribution < 1.29 is 4.79 Å². The Balaban J connectivity index is 1.58. The number of aromatic nitrogens is 1. The third-order valence-electron chi connectivity index (χ3n) is 3.70. The number of hydrogen-bond donors (Lipinski definition) is 2. The van der Waals surface area contributed by atoms with Crippen LogP contribution in [0.25, 0.3) is 10.9 Å². The molecule has 1 amide bonds. The molecule has 1 heterocycles. The van der Waals surface area contributed by atoms with Crippen LogP contribution in [-0.2, 0) is 4.79 Å². The number of aryl methyl sites for hydroxylation is 1. The Morgan fingerprint density at radius 2 is 1.96 bits per heavy atom. The van der Waals surface area contributed by atoms with E-state index in [-0.39, 0.29) is 5.91 Å². The van der Waals surface area contributed by atoms with Gasteiger partial charge < -0.3 is 10.6 Å². The average molecular weight is 384 g/mol. The van der Waals surface area contributed by atoms with Gasteiger partial charge in [-0.05, 0) is 52.7 Å². The molecule has 0 unspecified atom stereocenters. The summed E-state index contributed by atoms with van der Waals surface area (Å²) in [5.41, 5.74) is 3.79. The van der Waals surface area contributed by atoms with Crippen LogP contribution in [0.15, 0.2) is 59.2 Å². The predicted molar refractivity (Wildman–Crippen MR) is 102 cm³/mol. The fourth-order valence-electron chi connectivity index (χ4n) is 2.49. The first-order valence-corrected chi connectivity index (χ1v) is 8.56. The molecule has 0 saturated heterocycles. The maximum absolute atomic E-state index is 12.1. The molecule has 0 spiro atoms. The highest BCUT2D eigenvalue weighted by molar-refractivity contribution is 9.10. The second kappa shape index (κ2) is 7.45. The highest BCUT2D eigenvalue weighted by atomic mass is 79.9. The highest BCUT2D eigenvalue weighted by Crippen LogP contribution is 2.24. The van der Waals surface area contributed by atoms with Gasteiger partial charge in [-0.15, -0.1) is 0 Å². The van der Waals surface area contributed by atoms with Crippen molar-refractivity contribution >= 4 is 44.1 Å². The number of nitrogens with one attached hydrogen (secondary N) is 2. The number of fused-ring (bicyclic) bond motifs is 1. The molecular weight excluding hydrogens is 366 g/mol. The quantitative estimate of drug-likeness (QED) is 0.668. The molecule has 2 N–H and O–H groups in total. The lowest BCUT2D eigenvalue weighted by molar-refractivity contribution is -0.115. The van der Waals surface area contributed by atoms with E-state index in [1.165, 1.54) is 0 Å². The van der Waals surface area contributed by atoms with Crippen LogP contribution in [0.3, 0.4) is 0 Å². The Bertz CT molecular complexity index is 874. The summed E-state index contributed by atoms with van der Waals surface area (Å²) in [7, 11) is 0. The lowest BCUT2D eigenvalue weighted by Gasteiger charge is -2.10. The monoisotopic (exact) mass is 383 g/mol. The van der Waals surface area contributed by atoms with E-state index in [0.717, 1.165) is 32.3 Å². The van der Waals surface area contributed by atoms with Crippen molar-refractivity contribution in [3.05, 3.63) is 64.8 Å². The molecule has 2 aromatic carbocycles. The standard InChI is InChI=1S/C19H18BrN3O/c1-13-7-8-16(15(20)12-13)23-18(24)9-11-21-17-6-2-4-14-5-3-10-22-19(14)17/h2-8,10,12,21H,9,11H2,1H3,(H,23,24). The third kappa shape index (κ3) is 3.92. The van der Waals surface area contributed by atoms with E-state index >= 15 is 0 Å². The first-order valence-electron chi connectivity index (χ1n) is 7.77. The number of benzene rings is 2. The summed E-state index contributed by atoms with van der Waals surface area (Å²) >= 11 is 3.47. The van der Waals surface area contributed by atoms with Gasteiger partial charge in [-0.3, -0.25) is 9.78 Å². The van der Waals surface area contributed by atoms with Crippen LogP contribution in [0.5, 0.6) is 0 Å². The highest BCUT2D eigenvalue weighted by Gasteiger charge is 2.06. The molecule has 0 saturated carbocycles. The van der Waals surface area contributed by atoms with E-state index < -0.39 is 0 Å². The molecule has 4 nitrogen and oxygen atoms in total. The predicted octanol–water partition coefficient (Wildman–Crippen LogP) is 4.75. The minimum atomic E-state index is -0.0275. The van der Waals surface area contributed by atoms with Gasteiger partial charge in [0.1, 0.15) is 0 Å². The Morgan fingerprint density at radius 1 is 1.12 bits per heavy atom. The van der Waals surface area contributed by atoms with E-state index in [0.29, 0.717) is 13.0 Å². The summed E-state index contributed by atoms with van der Waals surface area (Å²) in [6.07, 6.45) is 2.15. The number of carbonyl (C=O) groups excluding carboxylic acids is 1. The molecule has 0 aliphatic heterocycles. The molecular formula is C19H18BrN3O. The largest absolute Gasteiger partial charge is 0.383 e. The molecule has 0 atom stereocenters. The maximum atomic E-state index is 12.1. The number of pyridine rings is 1. The van der Waals surface area contributed by atoms with E-state index in [9.17, 15) is 4.79 Å².